The monoisotopic (exact) mass is 246 g/mol. The van der Waals surface area contributed by atoms with E-state index < -0.39 is 17.3 Å². The highest BCUT2D eigenvalue weighted by atomic mass is 79.9. The van der Waals surface area contributed by atoms with Crippen molar-refractivity contribution in [3.8, 4) is 0 Å². The van der Waals surface area contributed by atoms with Crippen LogP contribution in [0, 0.1) is 5.82 Å². The van der Waals surface area contributed by atoms with Crippen molar-refractivity contribution in [3.63, 3.8) is 0 Å². The van der Waals surface area contributed by atoms with E-state index in [9.17, 15) is 14.0 Å². The van der Waals surface area contributed by atoms with E-state index in [1.54, 1.807) is 0 Å². The summed E-state index contributed by atoms with van der Waals surface area (Å²) in [6, 6.07) is 2.13. The summed E-state index contributed by atoms with van der Waals surface area (Å²) in [7, 11) is 0. The van der Waals surface area contributed by atoms with E-state index in [0.717, 1.165) is 6.07 Å². The fraction of sp³-hybridized carbons (Fsp3) is 0. The molecular formula is C8H4BrFO3. The molecule has 1 aromatic carbocycles. The van der Waals surface area contributed by atoms with E-state index in [-0.39, 0.29) is 10.0 Å². The molecule has 1 N–H and O–H groups in total. The first kappa shape index (κ1) is 9.85. The van der Waals surface area contributed by atoms with Crippen LogP contribution in [0.25, 0.3) is 0 Å². The number of carbonyl (C=O) groups excluding carboxylic acids is 1. The molecule has 68 valence electrons. The van der Waals surface area contributed by atoms with Crippen molar-refractivity contribution < 1.29 is 19.1 Å². The lowest BCUT2D eigenvalue weighted by atomic mass is 10.1. The highest BCUT2D eigenvalue weighted by Crippen LogP contribution is 2.21. The van der Waals surface area contributed by atoms with Crippen LogP contribution in [0.2, 0.25) is 0 Å². The highest BCUT2D eigenvalue weighted by Gasteiger charge is 2.15. The van der Waals surface area contributed by atoms with Gasteiger partial charge in [0.2, 0.25) is 0 Å². The van der Waals surface area contributed by atoms with Gasteiger partial charge in [0.1, 0.15) is 17.7 Å². The van der Waals surface area contributed by atoms with Gasteiger partial charge in [-0.3, -0.25) is 4.79 Å². The number of halogens is 2. The SMILES string of the molecule is O=Cc1cc(F)c(C(=O)O)c(Br)c1. The maximum Gasteiger partial charge on any atom is 0.339 e. The Morgan fingerprint density at radius 2 is 2.15 bits per heavy atom. The molecule has 0 fully saturated rings. The third-order valence-corrected chi connectivity index (χ3v) is 2.04. The first-order chi connectivity index (χ1) is 6.06. The van der Waals surface area contributed by atoms with Crippen molar-refractivity contribution in [1.82, 2.24) is 0 Å². The number of hydrogen-bond donors (Lipinski definition) is 1. The van der Waals surface area contributed by atoms with Gasteiger partial charge < -0.3 is 5.11 Å². The molecule has 1 rings (SSSR count). The van der Waals surface area contributed by atoms with Crippen molar-refractivity contribution in [2.24, 2.45) is 0 Å². The third kappa shape index (κ3) is 1.92. The predicted molar refractivity (Wildman–Crippen MR) is 46.4 cm³/mol. The number of aromatic carboxylic acids is 1. The smallest absolute Gasteiger partial charge is 0.339 e. The number of rotatable bonds is 2. The summed E-state index contributed by atoms with van der Waals surface area (Å²) in [5.74, 6) is -2.30. The van der Waals surface area contributed by atoms with Gasteiger partial charge in [-0.15, -0.1) is 0 Å². The third-order valence-electron chi connectivity index (χ3n) is 1.41. The second-order valence-electron chi connectivity index (χ2n) is 2.28. The Balaban J connectivity index is 3.39. The minimum Gasteiger partial charge on any atom is -0.478 e. The lowest BCUT2D eigenvalue weighted by molar-refractivity contribution is 0.0690. The molecule has 0 bridgehead atoms. The molecule has 13 heavy (non-hydrogen) atoms. The van der Waals surface area contributed by atoms with E-state index in [0.29, 0.717) is 6.29 Å². The molecule has 0 aromatic heterocycles. The van der Waals surface area contributed by atoms with Gasteiger partial charge in [0.25, 0.3) is 0 Å². The van der Waals surface area contributed by atoms with Crippen LogP contribution < -0.4 is 0 Å². The average Bonchev–Trinajstić information content (AvgIpc) is 2.02. The van der Waals surface area contributed by atoms with Crippen molar-refractivity contribution in [1.29, 1.82) is 0 Å². The normalized spacial score (nSPS) is 9.69. The fourth-order valence-corrected chi connectivity index (χ4v) is 1.49. The summed E-state index contributed by atoms with van der Waals surface area (Å²) in [5, 5.41) is 8.55. The van der Waals surface area contributed by atoms with Crippen LogP contribution in [0.5, 0.6) is 0 Å². The zero-order chi connectivity index (χ0) is 10.0. The van der Waals surface area contributed by atoms with Crippen molar-refractivity contribution >= 4 is 28.2 Å². The molecule has 1 aromatic rings. The van der Waals surface area contributed by atoms with Crippen LogP contribution in [0.4, 0.5) is 4.39 Å². The summed E-state index contributed by atoms with van der Waals surface area (Å²) in [6.07, 6.45) is 0.444. The fourth-order valence-electron chi connectivity index (χ4n) is 0.865. The molecule has 0 aliphatic carbocycles. The average molecular weight is 247 g/mol. The second-order valence-corrected chi connectivity index (χ2v) is 3.14. The topological polar surface area (TPSA) is 54.4 Å². The van der Waals surface area contributed by atoms with Gasteiger partial charge in [-0.2, -0.15) is 0 Å². The summed E-state index contributed by atoms with van der Waals surface area (Å²) < 4.78 is 13.0. The molecular weight excluding hydrogens is 243 g/mol. The van der Waals surface area contributed by atoms with Gasteiger partial charge >= 0.3 is 5.97 Å². The minimum absolute atomic E-state index is 0.0575. The Morgan fingerprint density at radius 1 is 1.54 bits per heavy atom. The zero-order valence-electron chi connectivity index (χ0n) is 6.25. The number of aldehydes is 1. The van der Waals surface area contributed by atoms with Gasteiger partial charge in [-0.1, -0.05) is 0 Å². The molecule has 0 amide bonds. The number of carbonyl (C=O) groups is 2. The lowest BCUT2D eigenvalue weighted by Gasteiger charge is -2.01. The Morgan fingerprint density at radius 3 is 2.54 bits per heavy atom. The Hall–Kier alpha value is -1.23. The largest absolute Gasteiger partial charge is 0.478 e. The van der Waals surface area contributed by atoms with E-state index in [2.05, 4.69) is 15.9 Å². The van der Waals surface area contributed by atoms with Crippen molar-refractivity contribution in [3.05, 3.63) is 33.5 Å². The Bertz CT molecular complexity index is 353. The molecule has 0 heterocycles. The van der Waals surface area contributed by atoms with E-state index in [1.807, 2.05) is 0 Å². The molecule has 0 spiro atoms. The molecule has 0 saturated heterocycles. The molecule has 0 saturated carbocycles. The summed E-state index contributed by atoms with van der Waals surface area (Å²) in [5.41, 5.74) is -0.375. The molecule has 0 aliphatic rings. The van der Waals surface area contributed by atoms with Crippen molar-refractivity contribution in [2.75, 3.05) is 0 Å². The van der Waals surface area contributed by atoms with Crippen LogP contribution in [0.1, 0.15) is 20.7 Å². The molecule has 0 unspecified atom stereocenters. The Kier molecular flexibility index (Phi) is 2.77. The van der Waals surface area contributed by atoms with Crippen LogP contribution >= 0.6 is 15.9 Å². The highest BCUT2D eigenvalue weighted by molar-refractivity contribution is 9.10. The second kappa shape index (κ2) is 3.66. The van der Waals surface area contributed by atoms with Crippen LogP contribution in [0.15, 0.2) is 16.6 Å². The predicted octanol–water partition coefficient (Wildman–Crippen LogP) is 2.10. The molecule has 0 aliphatic heterocycles. The minimum atomic E-state index is -1.37. The van der Waals surface area contributed by atoms with Crippen molar-refractivity contribution in [2.45, 2.75) is 0 Å². The van der Waals surface area contributed by atoms with Gasteiger partial charge in [0.15, 0.2) is 0 Å². The number of benzene rings is 1. The quantitative estimate of drug-likeness (QED) is 0.814. The van der Waals surface area contributed by atoms with E-state index >= 15 is 0 Å². The standard InChI is InChI=1S/C8H4BrFO3/c9-5-1-4(3-11)2-6(10)7(5)8(12)13/h1-3H,(H,12,13). The molecule has 0 radical (unpaired) electrons. The summed E-state index contributed by atoms with van der Waals surface area (Å²) in [6.45, 7) is 0. The van der Waals surface area contributed by atoms with E-state index in [4.69, 9.17) is 5.11 Å². The molecule has 0 atom stereocenters. The maximum absolute atomic E-state index is 13.0. The van der Waals surface area contributed by atoms with Gasteiger partial charge in [-0.25, -0.2) is 9.18 Å². The molecule has 5 heteroatoms. The zero-order valence-corrected chi connectivity index (χ0v) is 7.84. The van der Waals surface area contributed by atoms with Crippen LogP contribution in [-0.4, -0.2) is 17.4 Å². The first-order valence-corrected chi connectivity index (χ1v) is 4.03. The van der Waals surface area contributed by atoms with Crippen LogP contribution in [0.3, 0.4) is 0 Å². The van der Waals surface area contributed by atoms with E-state index in [1.165, 1.54) is 6.07 Å². The maximum atomic E-state index is 13.0. The first-order valence-electron chi connectivity index (χ1n) is 3.23. The Labute approximate surface area is 81.3 Å². The van der Waals surface area contributed by atoms with Crippen LogP contribution in [-0.2, 0) is 0 Å². The van der Waals surface area contributed by atoms with Gasteiger partial charge in [0.05, 0.1) is 0 Å². The summed E-state index contributed by atoms with van der Waals surface area (Å²) >= 11 is 2.86. The van der Waals surface area contributed by atoms with Gasteiger partial charge in [0, 0.05) is 10.0 Å². The number of carboxylic acids is 1. The lowest BCUT2D eigenvalue weighted by Crippen LogP contribution is -2.02. The van der Waals surface area contributed by atoms with Gasteiger partial charge in [-0.05, 0) is 28.1 Å². The molecule has 3 nitrogen and oxygen atoms in total. The summed E-state index contributed by atoms with van der Waals surface area (Å²) in [4.78, 5) is 20.7. The number of hydrogen-bond acceptors (Lipinski definition) is 2. The number of carboxylic acid groups (broad SMARTS) is 1.